The van der Waals surface area contributed by atoms with E-state index in [0.29, 0.717) is 23.2 Å². The summed E-state index contributed by atoms with van der Waals surface area (Å²) in [6.45, 7) is 8.45. The minimum atomic E-state index is 0.0874. The third kappa shape index (κ3) is 3.51. The Morgan fingerprint density at radius 2 is 2.16 bits per heavy atom. The summed E-state index contributed by atoms with van der Waals surface area (Å²) in [6.07, 6.45) is 5.53. The van der Waals surface area contributed by atoms with Gasteiger partial charge in [-0.25, -0.2) is 4.52 Å². The van der Waals surface area contributed by atoms with Crippen LogP contribution >= 0.6 is 0 Å². The Balaban J connectivity index is 1.52. The SMILES string of the molecule is CC(C)C1CN(C(=O)c2ccn3nnnc3c2)CCCN1CC1CC1. The van der Waals surface area contributed by atoms with Crippen LogP contribution in [0.2, 0.25) is 0 Å². The molecule has 0 N–H and O–H groups in total. The summed E-state index contributed by atoms with van der Waals surface area (Å²) in [6, 6.07) is 4.02. The highest BCUT2D eigenvalue weighted by molar-refractivity contribution is 5.95. The van der Waals surface area contributed by atoms with E-state index >= 15 is 0 Å². The molecule has 7 nitrogen and oxygen atoms in total. The van der Waals surface area contributed by atoms with Crippen molar-refractivity contribution in [3.8, 4) is 0 Å². The largest absolute Gasteiger partial charge is 0.337 e. The quantitative estimate of drug-likeness (QED) is 0.846. The molecule has 134 valence electrons. The fraction of sp³-hybridized carbons (Fsp3) is 0.667. The summed E-state index contributed by atoms with van der Waals surface area (Å²) >= 11 is 0. The van der Waals surface area contributed by atoms with Gasteiger partial charge in [0.1, 0.15) is 0 Å². The molecule has 7 heteroatoms. The molecule has 0 bridgehead atoms. The topological polar surface area (TPSA) is 66.6 Å². The Kier molecular flexibility index (Phi) is 4.41. The van der Waals surface area contributed by atoms with E-state index in [1.165, 1.54) is 19.4 Å². The summed E-state index contributed by atoms with van der Waals surface area (Å²) in [7, 11) is 0. The highest BCUT2D eigenvalue weighted by atomic mass is 16.2. The molecule has 4 rings (SSSR count). The number of carbonyl (C=O) groups excluding carboxylic acids is 1. The second-order valence-electron chi connectivity index (χ2n) is 7.75. The zero-order chi connectivity index (χ0) is 17.4. The van der Waals surface area contributed by atoms with Crippen LogP contribution in [0.4, 0.5) is 0 Å². The van der Waals surface area contributed by atoms with E-state index in [1.807, 2.05) is 11.0 Å². The van der Waals surface area contributed by atoms with Gasteiger partial charge in [-0.2, -0.15) is 0 Å². The minimum Gasteiger partial charge on any atom is -0.337 e. The third-order valence-corrected chi connectivity index (χ3v) is 5.44. The molecule has 0 aromatic carbocycles. The normalized spacial score (nSPS) is 22.5. The van der Waals surface area contributed by atoms with Crippen LogP contribution in [0.3, 0.4) is 0 Å². The van der Waals surface area contributed by atoms with Gasteiger partial charge in [-0.05, 0) is 53.7 Å². The molecule has 2 aliphatic rings. The average Bonchev–Trinajstić information content (AvgIpc) is 3.34. The van der Waals surface area contributed by atoms with Crippen LogP contribution in [0, 0.1) is 11.8 Å². The van der Waals surface area contributed by atoms with E-state index in [2.05, 4.69) is 34.3 Å². The second-order valence-corrected chi connectivity index (χ2v) is 7.75. The molecule has 2 fully saturated rings. The fourth-order valence-electron chi connectivity index (χ4n) is 3.79. The Morgan fingerprint density at radius 3 is 2.92 bits per heavy atom. The van der Waals surface area contributed by atoms with Crippen molar-refractivity contribution in [2.24, 2.45) is 11.8 Å². The van der Waals surface area contributed by atoms with E-state index < -0.39 is 0 Å². The predicted molar refractivity (Wildman–Crippen MR) is 94.2 cm³/mol. The van der Waals surface area contributed by atoms with Crippen molar-refractivity contribution in [1.82, 2.24) is 29.8 Å². The Bertz CT molecular complexity index is 753. The number of hydrogen-bond donors (Lipinski definition) is 0. The summed E-state index contributed by atoms with van der Waals surface area (Å²) in [5, 5.41) is 11.4. The fourth-order valence-corrected chi connectivity index (χ4v) is 3.79. The molecule has 1 aliphatic carbocycles. The predicted octanol–water partition coefficient (Wildman–Crippen LogP) is 1.71. The Hall–Kier alpha value is -2.02. The van der Waals surface area contributed by atoms with Gasteiger partial charge < -0.3 is 4.90 Å². The molecule has 2 aromatic rings. The zero-order valence-electron chi connectivity index (χ0n) is 15.0. The maximum atomic E-state index is 13.1. The highest BCUT2D eigenvalue weighted by Crippen LogP contribution is 2.32. The van der Waals surface area contributed by atoms with Crippen LogP contribution in [-0.4, -0.2) is 68.0 Å². The van der Waals surface area contributed by atoms with Gasteiger partial charge in [-0.3, -0.25) is 9.69 Å². The van der Waals surface area contributed by atoms with Crippen molar-refractivity contribution in [2.45, 2.75) is 39.2 Å². The molecule has 1 saturated heterocycles. The molecule has 0 radical (unpaired) electrons. The maximum absolute atomic E-state index is 13.1. The first kappa shape index (κ1) is 16.4. The first-order valence-electron chi connectivity index (χ1n) is 9.33. The zero-order valence-corrected chi connectivity index (χ0v) is 15.0. The first-order valence-corrected chi connectivity index (χ1v) is 9.33. The van der Waals surface area contributed by atoms with Crippen molar-refractivity contribution >= 4 is 11.6 Å². The Morgan fingerprint density at radius 1 is 1.32 bits per heavy atom. The van der Waals surface area contributed by atoms with Gasteiger partial charge in [0.25, 0.3) is 5.91 Å². The van der Waals surface area contributed by atoms with Crippen LogP contribution in [0.15, 0.2) is 18.3 Å². The lowest BCUT2D eigenvalue weighted by Crippen LogP contribution is -2.46. The molecular formula is C18H26N6O. The van der Waals surface area contributed by atoms with E-state index in [0.717, 1.165) is 32.0 Å². The number of rotatable bonds is 4. The molecule has 1 atom stereocenters. The molecule has 25 heavy (non-hydrogen) atoms. The van der Waals surface area contributed by atoms with Gasteiger partial charge in [-0.15, -0.1) is 5.10 Å². The van der Waals surface area contributed by atoms with E-state index in [-0.39, 0.29) is 5.91 Å². The van der Waals surface area contributed by atoms with Crippen molar-refractivity contribution < 1.29 is 4.79 Å². The summed E-state index contributed by atoms with van der Waals surface area (Å²) in [5.74, 6) is 1.51. The van der Waals surface area contributed by atoms with E-state index in [4.69, 9.17) is 0 Å². The number of carbonyl (C=O) groups is 1. The average molecular weight is 342 g/mol. The monoisotopic (exact) mass is 342 g/mol. The maximum Gasteiger partial charge on any atom is 0.254 e. The Labute approximate surface area is 148 Å². The number of amides is 1. The van der Waals surface area contributed by atoms with Gasteiger partial charge in [-0.1, -0.05) is 13.8 Å². The lowest BCUT2D eigenvalue weighted by molar-refractivity contribution is 0.0704. The van der Waals surface area contributed by atoms with Gasteiger partial charge in [0.2, 0.25) is 0 Å². The molecule has 3 heterocycles. The number of aromatic nitrogens is 4. The van der Waals surface area contributed by atoms with Crippen LogP contribution in [-0.2, 0) is 0 Å². The van der Waals surface area contributed by atoms with Gasteiger partial charge in [0.05, 0.1) is 0 Å². The third-order valence-electron chi connectivity index (χ3n) is 5.44. The molecule has 1 amide bonds. The van der Waals surface area contributed by atoms with Gasteiger partial charge in [0, 0.05) is 44.0 Å². The van der Waals surface area contributed by atoms with Crippen molar-refractivity contribution in [3.05, 3.63) is 23.9 Å². The van der Waals surface area contributed by atoms with Crippen LogP contribution in [0.1, 0.15) is 43.5 Å². The van der Waals surface area contributed by atoms with Gasteiger partial charge in [0.15, 0.2) is 5.65 Å². The summed E-state index contributed by atoms with van der Waals surface area (Å²) < 4.78 is 1.58. The first-order chi connectivity index (χ1) is 12.1. The lowest BCUT2D eigenvalue weighted by Gasteiger charge is -2.34. The lowest BCUT2D eigenvalue weighted by atomic mass is 10.0. The number of hydrogen-bond acceptors (Lipinski definition) is 5. The number of nitrogens with zero attached hydrogens (tertiary/aromatic N) is 6. The minimum absolute atomic E-state index is 0.0874. The van der Waals surface area contributed by atoms with Gasteiger partial charge >= 0.3 is 0 Å². The molecule has 1 unspecified atom stereocenters. The molecule has 0 spiro atoms. The van der Waals surface area contributed by atoms with Crippen LogP contribution < -0.4 is 0 Å². The summed E-state index contributed by atoms with van der Waals surface area (Å²) in [5.41, 5.74) is 1.27. The van der Waals surface area contributed by atoms with Crippen molar-refractivity contribution in [1.29, 1.82) is 0 Å². The number of fused-ring (bicyclic) bond motifs is 1. The smallest absolute Gasteiger partial charge is 0.254 e. The number of tetrazole rings is 1. The van der Waals surface area contributed by atoms with E-state index in [1.54, 1.807) is 16.8 Å². The van der Waals surface area contributed by atoms with Crippen LogP contribution in [0.5, 0.6) is 0 Å². The second kappa shape index (κ2) is 6.71. The highest BCUT2D eigenvalue weighted by Gasteiger charge is 2.33. The molecule has 1 saturated carbocycles. The van der Waals surface area contributed by atoms with Crippen molar-refractivity contribution in [2.75, 3.05) is 26.2 Å². The molecular weight excluding hydrogens is 316 g/mol. The summed E-state index contributed by atoms with van der Waals surface area (Å²) in [4.78, 5) is 17.7. The molecule has 2 aromatic heterocycles. The standard InChI is InChI=1S/C18H26N6O/c1-13(2)16-12-23(8-3-7-22(16)11-14-4-5-14)18(25)15-6-9-24-17(10-15)19-20-21-24/h6,9-10,13-14,16H,3-5,7-8,11-12H2,1-2H3. The number of pyridine rings is 1. The van der Waals surface area contributed by atoms with Crippen molar-refractivity contribution in [3.63, 3.8) is 0 Å². The van der Waals surface area contributed by atoms with Crippen LogP contribution in [0.25, 0.3) is 5.65 Å². The molecule has 1 aliphatic heterocycles. The van der Waals surface area contributed by atoms with E-state index in [9.17, 15) is 4.79 Å².